The molecule has 0 aliphatic rings. The van der Waals surface area contributed by atoms with Crippen molar-refractivity contribution in [1.82, 2.24) is 48.6 Å². The zero-order valence-electron chi connectivity index (χ0n) is 29.8. The maximum atomic E-state index is 5.42. The molecule has 10 nitrogen and oxygen atoms in total. The second-order valence-corrected chi connectivity index (χ2v) is 13.3. The summed E-state index contributed by atoms with van der Waals surface area (Å²) in [6.45, 7) is 6.29. The van der Waals surface area contributed by atoms with Crippen molar-refractivity contribution >= 4 is 33.5 Å². The normalized spacial score (nSPS) is 11.6. The van der Waals surface area contributed by atoms with Gasteiger partial charge in [0.15, 0.2) is 28.6 Å². The molecule has 0 aliphatic heterocycles. The lowest BCUT2D eigenvalue weighted by Gasteiger charge is -2.16. The molecule has 0 saturated carbocycles. The number of para-hydroxylation sites is 3. The van der Waals surface area contributed by atoms with Gasteiger partial charge in [0.1, 0.15) is 33.8 Å². The van der Waals surface area contributed by atoms with Gasteiger partial charge in [0.2, 0.25) is 0 Å². The summed E-state index contributed by atoms with van der Waals surface area (Å²) < 4.78 is 6.32. The Morgan fingerprint density at radius 1 is 0.370 bits per heavy atom. The Balaban J connectivity index is 1.33. The zero-order chi connectivity index (χ0) is 36.3. The zero-order valence-corrected chi connectivity index (χ0v) is 29.8. The fraction of sp³-hybridized carbons (Fsp3) is 0.0682. The number of hydrogen-bond donors (Lipinski definition) is 0. The maximum absolute atomic E-state index is 5.42. The molecule has 10 aromatic rings. The molecule has 0 unspecified atom stereocenters. The van der Waals surface area contributed by atoms with Crippen LogP contribution in [-0.2, 0) is 0 Å². The van der Waals surface area contributed by atoms with Crippen LogP contribution in [0.4, 0.5) is 0 Å². The lowest BCUT2D eigenvalue weighted by Crippen LogP contribution is -2.06. The number of fused-ring (bicyclic) bond motifs is 3. The quantitative estimate of drug-likeness (QED) is 0.170. The van der Waals surface area contributed by atoms with E-state index in [0.717, 1.165) is 78.6 Å². The highest BCUT2D eigenvalue weighted by atomic mass is 15.2. The van der Waals surface area contributed by atoms with E-state index in [0.29, 0.717) is 23.0 Å². The van der Waals surface area contributed by atoms with Crippen LogP contribution in [0.1, 0.15) is 16.7 Å². The average Bonchev–Trinajstić information content (AvgIpc) is 3.91. The molecule has 0 atom stereocenters. The summed E-state index contributed by atoms with van der Waals surface area (Å²) in [6.07, 6.45) is 5.40. The van der Waals surface area contributed by atoms with Crippen molar-refractivity contribution in [3.8, 4) is 51.5 Å². The number of rotatable bonds is 6. The Morgan fingerprint density at radius 2 is 0.722 bits per heavy atom. The van der Waals surface area contributed by atoms with Crippen LogP contribution >= 0.6 is 0 Å². The Bertz CT molecular complexity index is 2720. The average molecular weight is 701 g/mol. The number of aromatic nitrogens is 10. The highest BCUT2D eigenvalue weighted by Gasteiger charge is 2.25. The Kier molecular flexibility index (Phi) is 7.22. The van der Waals surface area contributed by atoms with Crippen molar-refractivity contribution in [2.24, 2.45) is 0 Å². The van der Waals surface area contributed by atoms with Gasteiger partial charge in [-0.05, 0) is 104 Å². The van der Waals surface area contributed by atoms with Gasteiger partial charge in [0, 0.05) is 24.2 Å². The van der Waals surface area contributed by atoms with Gasteiger partial charge in [-0.15, -0.1) is 0 Å². The van der Waals surface area contributed by atoms with Gasteiger partial charge < -0.3 is 0 Å². The molecule has 0 amide bonds. The summed E-state index contributed by atoms with van der Waals surface area (Å²) in [6, 6.07) is 40.6. The number of benzene rings is 3. The number of imidazole rings is 3. The van der Waals surface area contributed by atoms with Gasteiger partial charge in [-0.2, -0.15) is 0 Å². The van der Waals surface area contributed by atoms with E-state index < -0.39 is 0 Å². The molecule has 0 bridgehead atoms. The van der Waals surface area contributed by atoms with Gasteiger partial charge >= 0.3 is 0 Å². The van der Waals surface area contributed by atoms with Gasteiger partial charge in [0.25, 0.3) is 0 Å². The largest absolute Gasteiger partial charge is 0.276 e. The third-order valence-corrected chi connectivity index (χ3v) is 9.86. The summed E-state index contributed by atoms with van der Waals surface area (Å²) in [5, 5.41) is 0. The SMILES string of the molecule is Cc1ccccc1-n1c(-c2cc(-c3nc4cccnc4n3-c3ccccc3C)nc(-c3nc4cccnc4n3-c3ccccc3C)c2)nc2cccnc21. The fourth-order valence-corrected chi connectivity index (χ4v) is 7.29. The van der Waals surface area contributed by atoms with E-state index >= 15 is 0 Å². The Hall–Kier alpha value is -7.33. The van der Waals surface area contributed by atoms with Crippen molar-refractivity contribution in [1.29, 1.82) is 0 Å². The number of pyridine rings is 4. The Labute approximate surface area is 310 Å². The van der Waals surface area contributed by atoms with Crippen LogP contribution in [0, 0.1) is 20.8 Å². The third-order valence-electron chi connectivity index (χ3n) is 9.86. The molecule has 0 N–H and O–H groups in total. The Morgan fingerprint density at radius 3 is 1.11 bits per heavy atom. The maximum Gasteiger partial charge on any atom is 0.165 e. The molecule has 7 heterocycles. The lowest BCUT2D eigenvalue weighted by atomic mass is 10.1. The van der Waals surface area contributed by atoms with Gasteiger partial charge in [0.05, 0.1) is 17.1 Å². The fourth-order valence-electron chi connectivity index (χ4n) is 7.29. The van der Waals surface area contributed by atoms with Crippen LogP contribution in [0.5, 0.6) is 0 Å². The lowest BCUT2D eigenvalue weighted by molar-refractivity contribution is 1.02. The van der Waals surface area contributed by atoms with E-state index in [1.165, 1.54) is 0 Å². The molecule has 7 aromatic heterocycles. The highest BCUT2D eigenvalue weighted by molar-refractivity contribution is 5.86. The van der Waals surface area contributed by atoms with E-state index in [4.69, 9.17) is 34.9 Å². The second kappa shape index (κ2) is 12.4. The minimum atomic E-state index is 0.636. The molecule has 0 spiro atoms. The molecule has 0 saturated heterocycles. The molecular weight excluding hydrogens is 669 g/mol. The minimum absolute atomic E-state index is 0.636. The summed E-state index contributed by atoms with van der Waals surface area (Å²) >= 11 is 0. The third kappa shape index (κ3) is 4.99. The predicted octanol–water partition coefficient (Wildman–Crippen LogP) is 9.21. The molecule has 3 aromatic carbocycles. The van der Waals surface area contributed by atoms with Crippen LogP contribution in [-0.4, -0.2) is 48.6 Å². The molecular formula is C44H32N10. The van der Waals surface area contributed by atoms with Gasteiger partial charge in [-0.1, -0.05) is 54.6 Å². The molecule has 0 radical (unpaired) electrons. The first-order chi connectivity index (χ1) is 26.5. The van der Waals surface area contributed by atoms with Crippen molar-refractivity contribution in [3.05, 3.63) is 157 Å². The van der Waals surface area contributed by atoms with E-state index in [1.807, 2.05) is 72.8 Å². The van der Waals surface area contributed by atoms with E-state index in [9.17, 15) is 0 Å². The first kappa shape index (κ1) is 31.4. The minimum Gasteiger partial charge on any atom is -0.276 e. The number of aryl methyl sites for hydroxylation is 3. The van der Waals surface area contributed by atoms with Crippen molar-refractivity contribution in [2.45, 2.75) is 20.8 Å². The molecule has 10 heteroatoms. The summed E-state index contributed by atoms with van der Waals surface area (Å²) in [5.41, 5.74) is 12.8. The summed E-state index contributed by atoms with van der Waals surface area (Å²) in [7, 11) is 0. The van der Waals surface area contributed by atoms with E-state index in [2.05, 4.69) is 83.0 Å². The van der Waals surface area contributed by atoms with Crippen LogP contribution in [0.2, 0.25) is 0 Å². The number of hydrogen-bond acceptors (Lipinski definition) is 7. The second-order valence-electron chi connectivity index (χ2n) is 13.3. The van der Waals surface area contributed by atoms with Gasteiger partial charge in [-0.3, -0.25) is 13.7 Å². The predicted molar refractivity (Wildman–Crippen MR) is 212 cm³/mol. The van der Waals surface area contributed by atoms with Crippen LogP contribution in [0.15, 0.2) is 140 Å². The van der Waals surface area contributed by atoms with Crippen molar-refractivity contribution in [2.75, 3.05) is 0 Å². The van der Waals surface area contributed by atoms with Gasteiger partial charge in [-0.25, -0.2) is 34.9 Å². The van der Waals surface area contributed by atoms with Crippen LogP contribution < -0.4 is 0 Å². The van der Waals surface area contributed by atoms with E-state index in [1.54, 1.807) is 18.6 Å². The highest BCUT2D eigenvalue weighted by Crippen LogP contribution is 2.37. The molecule has 54 heavy (non-hydrogen) atoms. The van der Waals surface area contributed by atoms with Crippen molar-refractivity contribution < 1.29 is 0 Å². The first-order valence-corrected chi connectivity index (χ1v) is 17.7. The summed E-state index contributed by atoms with van der Waals surface area (Å²) in [4.78, 5) is 35.5. The smallest absolute Gasteiger partial charge is 0.165 e. The molecule has 0 fully saturated rings. The number of nitrogens with zero attached hydrogens (tertiary/aromatic N) is 10. The van der Waals surface area contributed by atoms with Crippen molar-refractivity contribution in [3.63, 3.8) is 0 Å². The summed E-state index contributed by atoms with van der Waals surface area (Å²) in [5.74, 6) is 2.01. The monoisotopic (exact) mass is 700 g/mol. The van der Waals surface area contributed by atoms with Crippen LogP contribution in [0.3, 0.4) is 0 Å². The molecule has 0 aliphatic carbocycles. The topological polar surface area (TPSA) is 105 Å². The van der Waals surface area contributed by atoms with Crippen LogP contribution in [0.25, 0.3) is 85.0 Å². The van der Waals surface area contributed by atoms with E-state index in [-0.39, 0.29) is 0 Å². The first-order valence-electron chi connectivity index (χ1n) is 17.7. The molecule has 258 valence electrons. The molecule has 10 rings (SSSR count). The standard InChI is InChI=1S/C44H32N10/c1-27-13-4-7-19-36(27)52-39(49-31-16-10-22-45-40(31)52)30-25-34(43-50-32-17-11-23-46-41(32)53(43)37-20-8-5-14-28(37)2)48-35(26-30)44-51-33-18-12-24-47-42(33)54(44)38-21-9-6-15-29(38)3/h4-26H,1-3H3.